The third-order valence-electron chi connectivity index (χ3n) is 4.17. The average Bonchev–Trinajstić information content (AvgIpc) is 2.50. The van der Waals surface area contributed by atoms with Gasteiger partial charge in [-0.25, -0.2) is 9.97 Å². The number of rotatable bonds is 5. The minimum atomic E-state index is -0.0133. The van der Waals surface area contributed by atoms with Crippen LogP contribution in [0.2, 0.25) is 10.2 Å². The summed E-state index contributed by atoms with van der Waals surface area (Å²) in [5.74, 6) is 1.12. The van der Waals surface area contributed by atoms with Crippen molar-refractivity contribution in [1.82, 2.24) is 9.97 Å². The lowest BCUT2D eigenvalue weighted by molar-refractivity contribution is -0.121. The van der Waals surface area contributed by atoms with Crippen LogP contribution >= 0.6 is 23.2 Å². The quantitative estimate of drug-likeness (QED) is 0.795. The van der Waals surface area contributed by atoms with E-state index < -0.39 is 0 Å². The summed E-state index contributed by atoms with van der Waals surface area (Å²) in [6, 6.07) is 0. The number of carbonyl (C=O) groups excluding carboxylic acids is 1. The Bertz CT molecular complexity index is 488. The zero-order valence-electron chi connectivity index (χ0n) is 12.2. The zero-order chi connectivity index (χ0) is 15.2. The van der Waals surface area contributed by atoms with Crippen LogP contribution in [0.5, 0.6) is 0 Å². The van der Waals surface area contributed by atoms with Crippen molar-refractivity contribution < 1.29 is 4.79 Å². The van der Waals surface area contributed by atoms with Gasteiger partial charge < -0.3 is 5.32 Å². The number of unbranched alkanes of at least 4 members (excludes halogenated alkanes) is 1. The van der Waals surface area contributed by atoms with Gasteiger partial charge in [0.15, 0.2) is 11.0 Å². The van der Waals surface area contributed by atoms with Crippen molar-refractivity contribution >= 4 is 34.9 Å². The topological polar surface area (TPSA) is 54.9 Å². The highest BCUT2D eigenvalue weighted by Gasteiger charge is 2.26. The van der Waals surface area contributed by atoms with E-state index in [1.807, 2.05) is 0 Å². The highest BCUT2D eigenvalue weighted by molar-refractivity contribution is 6.42. The molecule has 1 amide bonds. The van der Waals surface area contributed by atoms with Gasteiger partial charge in [0.25, 0.3) is 0 Å². The Balaban J connectivity index is 1.86. The summed E-state index contributed by atoms with van der Waals surface area (Å²) in [7, 11) is 0. The molecule has 1 aliphatic carbocycles. The van der Waals surface area contributed by atoms with E-state index in [1.54, 1.807) is 0 Å². The molecule has 1 N–H and O–H groups in total. The fraction of sp³-hybridized carbons (Fsp3) is 0.667. The first kappa shape index (κ1) is 16.5. The van der Waals surface area contributed by atoms with Crippen LogP contribution in [0.25, 0.3) is 0 Å². The first-order valence-corrected chi connectivity index (χ1v) is 8.34. The van der Waals surface area contributed by atoms with Gasteiger partial charge in [-0.3, -0.25) is 4.79 Å². The summed E-state index contributed by atoms with van der Waals surface area (Å²) in [6.07, 6.45) is 9.27. The zero-order valence-corrected chi connectivity index (χ0v) is 13.8. The lowest BCUT2D eigenvalue weighted by atomic mass is 9.79. The van der Waals surface area contributed by atoms with Crippen LogP contribution in [0.3, 0.4) is 0 Å². The molecular formula is C15H21Cl2N3O. The number of hydrogen-bond acceptors (Lipinski definition) is 3. The highest BCUT2D eigenvalue weighted by Crippen LogP contribution is 2.33. The predicted octanol–water partition coefficient (Wildman–Crippen LogP) is 4.72. The van der Waals surface area contributed by atoms with Gasteiger partial charge in [-0.05, 0) is 31.6 Å². The Morgan fingerprint density at radius 2 is 2.00 bits per heavy atom. The van der Waals surface area contributed by atoms with Crippen LogP contribution in [0.15, 0.2) is 6.33 Å². The summed E-state index contributed by atoms with van der Waals surface area (Å²) in [4.78, 5) is 20.0. The molecule has 4 nitrogen and oxygen atoms in total. The molecule has 116 valence electrons. The van der Waals surface area contributed by atoms with Gasteiger partial charge >= 0.3 is 0 Å². The number of nitrogens with one attached hydrogen (secondary N) is 1. The maximum atomic E-state index is 12.3. The minimum absolute atomic E-state index is 0.0133. The van der Waals surface area contributed by atoms with Crippen molar-refractivity contribution in [3.05, 3.63) is 16.5 Å². The predicted molar refractivity (Wildman–Crippen MR) is 85.7 cm³/mol. The van der Waals surface area contributed by atoms with Crippen LogP contribution in [0.1, 0.15) is 51.9 Å². The number of aromatic nitrogens is 2. The molecule has 0 aliphatic heterocycles. The molecule has 0 radical (unpaired) electrons. The van der Waals surface area contributed by atoms with Crippen LogP contribution < -0.4 is 5.32 Å². The van der Waals surface area contributed by atoms with Gasteiger partial charge in [0, 0.05) is 5.92 Å². The molecule has 6 heteroatoms. The highest BCUT2D eigenvalue weighted by atomic mass is 35.5. The molecule has 21 heavy (non-hydrogen) atoms. The summed E-state index contributed by atoms with van der Waals surface area (Å²) in [5, 5.41) is 3.13. The van der Waals surface area contributed by atoms with Crippen molar-refractivity contribution in [3.8, 4) is 0 Å². The normalized spacial score (nSPS) is 22.0. The first-order valence-electron chi connectivity index (χ1n) is 7.58. The Labute approximate surface area is 135 Å². The lowest BCUT2D eigenvalue weighted by Crippen LogP contribution is -2.27. The first-order chi connectivity index (χ1) is 10.1. The molecule has 1 aromatic rings. The smallest absolute Gasteiger partial charge is 0.228 e. The second kappa shape index (κ2) is 7.95. The van der Waals surface area contributed by atoms with Crippen LogP contribution in [-0.4, -0.2) is 15.9 Å². The van der Waals surface area contributed by atoms with E-state index in [1.165, 1.54) is 25.6 Å². The molecule has 1 aliphatic rings. The maximum Gasteiger partial charge on any atom is 0.228 e. The molecule has 2 rings (SSSR count). The maximum absolute atomic E-state index is 12.3. The average molecular weight is 330 g/mol. The van der Waals surface area contributed by atoms with Gasteiger partial charge in [0.2, 0.25) is 5.91 Å². The minimum Gasteiger partial charge on any atom is -0.309 e. The number of hydrogen-bond donors (Lipinski definition) is 1. The third-order valence-corrected chi connectivity index (χ3v) is 4.91. The molecule has 0 saturated heterocycles. The van der Waals surface area contributed by atoms with E-state index >= 15 is 0 Å². The van der Waals surface area contributed by atoms with Gasteiger partial charge in [0.1, 0.15) is 11.3 Å². The Kier molecular flexibility index (Phi) is 6.24. The van der Waals surface area contributed by atoms with E-state index in [0.29, 0.717) is 5.82 Å². The van der Waals surface area contributed by atoms with Crippen molar-refractivity contribution in [2.75, 3.05) is 5.32 Å². The van der Waals surface area contributed by atoms with Crippen molar-refractivity contribution in [1.29, 1.82) is 0 Å². The molecule has 0 unspecified atom stereocenters. The molecule has 0 spiro atoms. The van der Waals surface area contributed by atoms with E-state index in [0.717, 1.165) is 31.6 Å². The molecule has 0 bridgehead atoms. The monoisotopic (exact) mass is 329 g/mol. The van der Waals surface area contributed by atoms with Crippen LogP contribution in [0, 0.1) is 11.8 Å². The number of amides is 1. The molecular weight excluding hydrogens is 309 g/mol. The number of halogens is 2. The standard InChI is InChI=1S/C15H21Cl2N3O/c1-2-3-4-10-5-7-11(8-6-10)15(21)20-14-12(16)13(17)18-9-19-14/h9-11H,2-8H2,1H3,(H,18,19,20,21). The summed E-state index contributed by atoms with van der Waals surface area (Å²) in [5.41, 5.74) is 0. The molecule has 1 saturated carbocycles. The second-order valence-electron chi connectivity index (χ2n) is 5.68. The van der Waals surface area contributed by atoms with E-state index in [9.17, 15) is 4.79 Å². The molecule has 0 aromatic carbocycles. The molecule has 1 fully saturated rings. The van der Waals surface area contributed by atoms with E-state index in [4.69, 9.17) is 23.2 Å². The Morgan fingerprint density at radius 3 is 2.67 bits per heavy atom. The molecule has 1 aromatic heterocycles. The van der Waals surface area contributed by atoms with Crippen molar-refractivity contribution in [2.45, 2.75) is 51.9 Å². The van der Waals surface area contributed by atoms with Crippen molar-refractivity contribution in [2.24, 2.45) is 11.8 Å². The summed E-state index contributed by atoms with van der Waals surface area (Å²) < 4.78 is 0. The number of anilines is 1. The lowest BCUT2D eigenvalue weighted by Gasteiger charge is -2.27. The SMILES string of the molecule is CCCCC1CCC(C(=O)Nc2ncnc(Cl)c2Cl)CC1. The molecule has 0 atom stereocenters. The van der Waals surface area contributed by atoms with Gasteiger partial charge in [-0.1, -0.05) is 49.4 Å². The van der Waals surface area contributed by atoms with E-state index in [-0.39, 0.29) is 22.0 Å². The van der Waals surface area contributed by atoms with Gasteiger partial charge in [-0.2, -0.15) is 0 Å². The van der Waals surface area contributed by atoms with Gasteiger partial charge in [0.05, 0.1) is 0 Å². The fourth-order valence-corrected chi connectivity index (χ4v) is 3.14. The Hall–Kier alpha value is -0.870. The number of nitrogens with zero attached hydrogens (tertiary/aromatic N) is 2. The summed E-state index contributed by atoms with van der Waals surface area (Å²) in [6.45, 7) is 2.22. The van der Waals surface area contributed by atoms with Crippen molar-refractivity contribution in [3.63, 3.8) is 0 Å². The van der Waals surface area contributed by atoms with Gasteiger partial charge in [-0.15, -0.1) is 0 Å². The van der Waals surface area contributed by atoms with Crippen LogP contribution in [0.4, 0.5) is 5.82 Å². The third kappa shape index (κ3) is 4.55. The fourth-order valence-electron chi connectivity index (χ4n) is 2.86. The molecule has 1 heterocycles. The van der Waals surface area contributed by atoms with Crippen LogP contribution in [-0.2, 0) is 4.79 Å². The number of carbonyl (C=O) groups is 1. The Morgan fingerprint density at radius 1 is 1.29 bits per heavy atom. The summed E-state index contributed by atoms with van der Waals surface area (Å²) >= 11 is 11.8. The van der Waals surface area contributed by atoms with E-state index in [2.05, 4.69) is 22.2 Å². The largest absolute Gasteiger partial charge is 0.309 e. The second-order valence-corrected chi connectivity index (χ2v) is 6.41.